The lowest BCUT2D eigenvalue weighted by atomic mass is 9.45. The molecule has 4 bridgehead atoms. The molecule has 30 heavy (non-hydrogen) atoms. The number of hydrogen-bond donors (Lipinski definition) is 1. The van der Waals surface area contributed by atoms with E-state index in [0.29, 0.717) is 24.0 Å². The average Bonchev–Trinajstić information content (AvgIpc) is 3.14. The molecule has 1 aromatic carbocycles. The van der Waals surface area contributed by atoms with E-state index in [1.165, 1.54) is 57.1 Å². The first-order chi connectivity index (χ1) is 14.5. The van der Waals surface area contributed by atoms with E-state index in [2.05, 4.69) is 52.4 Å². The van der Waals surface area contributed by atoms with Crippen molar-refractivity contribution in [3.05, 3.63) is 35.9 Å². The number of amides is 1. The fourth-order valence-corrected chi connectivity index (χ4v) is 8.53. The Hall–Kier alpha value is -1.39. The second-order valence-electron chi connectivity index (χ2n) is 11.5. The third kappa shape index (κ3) is 3.22. The zero-order chi connectivity index (χ0) is 20.3. The molecule has 4 saturated carbocycles. The van der Waals surface area contributed by atoms with Crippen LogP contribution < -0.4 is 5.32 Å². The zero-order valence-electron chi connectivity index (χ0n) is 18.5. The largest absolute Gasteiger partial charge is 0.350 e. The topological polar surface area (TPSA) is 35.6 Å². The van der Waals surface area contributed by atoms with Crippen molar-refractivity contribution >= 4 is 5.91 Å². The summed E-state index contributed by atoms with van der Waals surface area (Å²) in [5, 5.41) is 3.65. The van der Waals surface area contributed by atoms with Crippen LogP contribution in [0.25, 0.3) is 0 Å². The van der Waals surface area contributed by atoms with Crippen molar-refractivity contribution in [2.24, 2.45) is 11.8 Å². The predicted molar refractivity (Wildman–Crippen MR) is 119 cm³/mol. The minimum Gasteiger partial charge on any atom is -0.350 e. The molecular weight excluding hydrogens is 370 g/mol. The molecule has 0 radical (unpaired) electrons. The maximum Gasteiger partial charge on any atom is 0.234 e. The molecule has 4 aliphatic carbocycles. The first-order valence-electron chi connectivity index (χ1n) is 12.4. The van der Waals surface area contributed by atoms with Gasteiger partial charge in [-0.05, 0) is 87.6 Å². The van der Waals surface area contributed by atoms with Gasteiger partial charge in [0, 0.05) is 30.7 Å². The van der Waals surface area contributed by atoms with Crippen molar-refractivity contribution in [3.63, 3.8) is 0 Å². The van der Waals surface area contributed by atoms with Crippen molar-refractivity contribution < 1.29 is 4.79 Å². The minimum absolute atomic E-state index is 0.0371. The van der Waals surface area contributed by atoms with Gasteiger partial charge in [0.2, 0.25) is 5.91 Å². The Morgan fingerprint density at radius 1 is 1.10 bits per heavy atom. The van der Waals surface area contributed by atoms with E-state index >= 15 is 0 Å². The van der Waals surface area contributed by atoms with Crippen LogP contribution in [0.1, 0.15) is 63.9 Å². The van der Waals surface area contributed by atoms with E-state index in [1.54, 1.807) is 0 Å². The number of nitrogens with one attached hydrogen (secondary N) is 1. The number of hydrogen-bond acceptors (Lipinski definition) is 3. The highest BCUT2D eigenvalue weighted by atomic mass is 16.2. The van der Waals surface area contributed by atoms with E-state index < -0.39 is 0 Å². The standard InChI is InChI=1S/C26H37N3O/c1-19-15-28-9-5-8-23(28)16-29(19)17-24(30)27-26-13-20-10-21(14-26)12-25(11-20,18-26)22-6-3-2-4-7-22/h2-4,6-7,19-21,23H,5,8-18H2,1H3,(H,27,30)/t19-,20-,21+,23-,25?,26?/m0/s1. The molecule has 162 valence electrons. The summed E-state index contributed by atoms with van der Waals surface area (Å²) >= 11 is 0. The molecule has 2 saturated heterocycles. The Labute approximate surface area is 181 Å². The maximum atomic E-state index is 13.3. The van der Waals surface area contributed by atoms with Crippen molar-refractivity contribution in [1.29, 1.82) is 0 Å². The van der Waals surface area contributed by atoms with Gasteiger partial charge in [0.05, 0.1) is 6.54 Å². The van der Waals surface area contributed by atoms with Crippen molar-refractivity contribution in [2.45, 2.75) is 81.3 Å². The first kappa shape index (κ1) is 19.3. The van der Waals surface area contributed by atoms with Crippen LogP contribution in [-0.4, -0.2) is 59.5 Å². The molecule has 0 aromatic heterocycles. The van der Waals surface area contributed by atoms with E-state index in [-0.39, 0.29) is 11.4 Å². The smallest absolute Gasteiger partial charge is 0.234 e. The SMILES string of the molecule is C[C@H]1CN2CCC[C@H]2CN1CC(=O)NC12C[C@H]3C[C@@H](C1)CC(c1ccccc1)(C3)C2. The Morgan fingerprint density at radius 2 is 1.87 bits per heavy atom. The number of nitrogens with zero attached hydrogens (tertiary/aromatic N) is 2. The van der Waals surface area contributed by atoms with Gasteiger partial charge >= 0.3 is 0 Å². The molecule has 6 atom stereocenters. The van der Waals surface area contributed by atoms with Crippen LogP contribution in [0.3, 0.4) is 0 Å². The maximum absolute atomic E-state index is 13.3. The molecule has 2 aliphatic heterocycles. The Morgan fingerprint density at radius 3 is 2.63 bits per heavy atom. The summed E-state index contributed by atoms with van der Waals surface area (Å²) in [4.78, 5) is 18.4. The lowest BCUT2D eigenvalue weighted by Gasteiger charge is -2.62. The van der Waals surface area contributed by atoms with Gasteiger partial charge in [0.1, 0.15) is 0 Å². The number of benzene rings is 1. The molecule has 1 aromatic rings. The second kappa shape index (κ2) is 7.06. The fraction of sp³-hybridized carbons (Fsp3) is 0.731. The fourth-order valence-electron chi connectivity index (χ4n) is 8.53. The molecule has 6 fully saturated rings. The highest BCUT2D eigenvalue weighted by Crippen LogP contribution is 2.62. The molecule has 2 heterocycles. The second-order valence-corrected chi connectivity index (χ2v) is 11.5. The van der Waals surface area contributed by atoms with Crippen LogP contribution in [0.2, 0.25) is 0 Å². The highest BCUT2D eigenvalue weighted by molar-refractivity contribution is 5.79. The van der Waals surface area contributed by atoms with Gasteiger partial charge < -0.3 is 5.32 Å². The van der Waals surface area contributed by atoms with Crippen LogP contribution in [0.4, 0.5) is 0 Å². The normalized spacial score (nSPS) is 43.0. The summed E-state index contributed by atoms with van der Waals surface area (Å²) in [6.45, 7) is 6.34. The number of piperazine rings is 1. The molecule has 0 spiro atoms. The molecule has 1 N–H and O–H groups in total. The number of carbonyl (C=O) groups excluding carboxylic acids is 1. The quantitative estimate of drug-likeness (QED) is 0.829. The Bertz CT molecular complexity index is 794. The molecule has 6 aliphatic rings. The summed E-state index contributed by atoms with van der Waals surface area (Å²) < 4.78 is 0. The van der Waals surface area contributed by atoms with E-state index in [9.17, 15) is 4.79 Å². The molecule has 1 amide bonds. The number of carbonyl (C=O) groups is 1. The lowest BCUT2D eigenvalue weighted by molar-refractivity contribution is -0.130. The monoisotopic (exact) mass is 407 g/mol. The number of rotatable bonds is 4. The predicted octanol–water partition coefficient (Wildman–Crippen LogP) is 3.56. The van der Waals surface area contributed by atoms with Crippen LogP contribution in [0.15, 0.2) is 30.3 Å². The highest BCUT2D eigenvalue weighted by Gasteiger charge is 2.58. The van der Waals surface area contributed by atoms with E-state index in [1.807, 2.05) is 0 Å². The minimum atomic E-state index is 0.0371. The lowest BCUT2D eigenvalue weighted by Crippen LogP contribution is -2.65. The van der Waals surface area contributed by atoms with Gasteiger partial charge in [-0.2, -0.15) is 0 Å². The van der Waals surface area contributed by atoms with E-state index in [0.717, 1.165) is 31.3 Å². The average molecular weight is 408 g/mol. The van der Waals surface area contributed by atoms with Crippen molar-refractivity contribution in [1.82, 2.24) is 15.1 Å². The van der Waals surface area contributed by atoms with Crippen LogP contribution in [-0.2, 0) is 10.2 Å². The van der Waals surface area contributed by atoms with Gasteiger partial charge in [0.25, 0.3) is 0 Å². The third-order valence-electron chi connectivity index (χ3n) is 9.26. The van der Waals surface area contributed by atoms with Gasteiger partial charge in [0.15, 0.2) is 0 Å². The van der Waals surface area contributed by atoms with Gasteiger partial charge in [-0.3, -0.25) is 14.6 Å². The molecule has 4 heteroatoms. The summed E-state index contributed by atoms with van der Waals surface area (Å²) in [5.41, 5.74) is 1.85. The summed E-state index contributed by atoms with van der Waals surface area (Å²) in [6.07, 6.45) is 10.2. The van der Waals surface area contributed by atoms with E-state index in [4.69, 9.17) is 0 Å². The molecule has 2 unspecified atom stereocenters. The van der Waals surface area contributed by atoms with Crippen LogP contribution in [0, 0.1) is 11.8 Å². The Balaban J connectivity index is 1.18. The number of fused-ring (bicyclic) bond motifs is 1. The molecule has 7 rings (SSSR count). The van der Waals surface area contributed by atoms with Crippen molar-refractivity contribution in [3.8, 4) is 0 Å². The summed E-state index contributed by atoms with van der Waals surface area (Å²) in [6, 6.07) is 12.4. The summed E-state index contributed by atoms with van der Waals surface area (Å²) in [7, 11) is 0. The molecule has 4 nitrogen and oxygen atoms in total. The van der Waals surface area contributed by atoms with Gasteiger partial charge in [-0.25, -0.2) is 0 Å². The zero-order valence-corrected chi connectivity index (χ0v) is 18.5. The van der Waals surface area contributed by atoms with Crippen LogP contribution >= 0.6 is 0 Å². The van der Waals surface area contributed by atoms with Gasteiger partial charge in [-0.15, -0.1) is 0 Å². The summed E-state index contributed by atoms with van der Waals surface area (Å²) in [5.74, 6) is 1.85. The third-order valence-corrected chi connectivity index (χ3v) is 9.26. The van der Waals surface area contributed by atoms with Gasteiger partial charge in [-0.1, -0.05) is 30.3 Å². The Kier molecular flexibility index (Phi) is 4.55. The first-order valence-corrected chi connectivity index (χ1v) is 12.4. The van der Waals surface area contributed by atoms with Crippen LogP contribution in [0.5, 0.6) is 0 Å². The molecular formula is C26H37N3O. The van der Waals surface area contributed by atoms with Crippen molar-refractivity contribution in [2.75, 3.05) is 26.2 Å².